The van der Waals surface area contributed by atoms with Crippen molar-refractivity contribution in [3.8, 4) is 0 Å². The largest absolute Gasteiger partial charge is 0.321 e. The van der Waals surface area contributed by atoms with Gasteiger partial charge in [-0.3, -0.25) is 4.79 Å². The third kappa shape index (κ3) is 3.95. The zero-order valence-electron chi connectivity index (χ0n) is 10.9. The molecule has 0 aliphatic heterocycles. The summed E-state index contributed by atoms with van der Waals surface area (Å²) in [6.07, 6.45) is 3.25. The average Bonchev–Trinajstić information content (AvgIpc) is 2.42. The van der Waals surface area contributed by atoms with Crippen molar-refractivity contribution in [2.45, 2.75) is 6.92 Å². The summed E-state index contributed by atoms with van der Waals surface area (Å²) < 4.78 is 1.01. The van der Waals surface area contributed by atoms with Crippen LogP contribution < -0.4 is 5.32 Å². The lowest BCUT2D eigenvalue weighted by molar-refractivity contribution is -0.111. The number of carbonyl (C=O) groups is 1. The molecule has 0 heterocycles. The number of para-hydroxylation sites is 1. The molecule has 2 aromatic carbocycles. The Morgan fingerprint density at radius 2 is 1.90 bits per heavy atom. The quantitative estimate of drug-likeness (QED) is 0.770. The van der Waals surface area contributed by atoms with Crippen LogP contribution in [0.3, 0.4) is 0 Å². The molecule has 2 rings (SSSR count). The molecule has 0 saturated heterocycles. The van der Waals surface area contributed by atoms with Gasteiger partial charge in [-0.2, -0.15) is 0 Å². The van der Waals surface area contributed by atoms with Crippen molar-refractivity contribution in [3.05, 3.63) is 69.2 Å². The smallest absolute Gasteiger partial charge is 0.248 e. The van der Waals surface area contributed by atoms with E-state index in [1.807, 2.05) is 43.3 Å². The van der Waals surface area contributed by atoms with Gasteiger partial charge in [-0.25, -0.2) is 0 Å². The van der Waals surface area contributed by atoms with Crippen LogP contribution in [0.15, 0.2) is 53.0 Å². The fourth-order valence-corrected chi connectivity index (χ4v) is 2.23. The third-order valence-electron chi connectivity index (χ3n) is 2.77. The summed E-state index contributed by atoms with van der Waals surface area (Å²) in [6, 6.07) is 13.2. The van der Waals surface area contributed by atoms with Gasteiger partial charge in [0.15, 0.2) is 0 Å². The Morgan fingerprint density at radius 3 is 2.55 bits per heavy atom. The van der Waals surface area contributed by atoms with Crippen LogP contribution in [0.1, 0.15) is 11.1 Å². The van der Waals surface area contributed by atoms with E-state index >= 15 is 0 Å². The lowest BCUT2D eigenvalue weighted by Gasteiger charge is -2.08. The lowest BCUT2D eigenvalue weighted by atomic mass is 10.2. The molecule has 0 radical (unpaired) electrons. The number of anilines is 1. The molecule has 0 fully saturated rings. The van der Waals surface area contributed by atoms with Gasteiger partial charge < -0.3 is 5.32 Å². The van der Waals surface area contributed by atoms with Gasteiger partial charge >= 0.3 is 0 Å². The van der Waals surface area contributed by atoms with Crippen LogP contribution >= 0.6 is 27.5 Å². The fraction of sp³-hybridized carbons (Fsp3) is 0.0625. The summed E-state index contributed by atoms with van der Waals surface area (Å²) in [5.41, 5.74) is 2.54. The molecule has 0 unspecified atom stereocenters. The van der Waals surface area contributed by atoms with Gasteiger partial charge in [0.2, 0.25) is 5.91 Å². The van der Waals surface area contributed by atoms with Gasteiger partial charge in [0.05, 0.1) is 10.7 Å². The molecule has 2 aromatic rings. The van der Waals surface area contributed by atoms with Crippen LogP contribution in [0.2, 0.25) is 5.02 Å². The van der Waals surface area contributed by atoms with Crippen LogP contribution in [0.4, 0.5) is 5.69 Å². The molecule has 0 aromatic heterocycles. The highest BCUT2D eigenvalue weighted by atomic mass is 79.9. The molecule has 102 valence electrons. The molecule has 0 bridgehead atoms. The van der Waals surface area contributed by atoms with Crippen molar-refractivity contribution in [1.29, 1.82) is 0 Å². The molecule has 2 nitrogen and oxygen atoms in total. The number of hydrogen-bond donors (Lipinski definition) is 1. The summed E-state index contributed by atoms with van der Waals surface area (Å²) in [5.74, 6) is -0.205. The minimum atomic E-state index is -0.205. The Balaban J connectivity index is 2.07. The van der Waals surface area contributed by atoms with Crippen LogP contribution in [0.5, 0.6) is 0 Å². The van der Waals surface area contributed by atoms with Crippen molar-refractivity contribution in [1.82, 2.24) is 0 Å². The number of halogens is 2. The minimum Gasteiger partial charge on any atom is -0.321 e. The first-order chi connectivity index (χ1) is 9.56. The summed E-state index contributed by atoms with van der Waals surface area (Å²) >= 11 is 9.43. The van der Waals surface area contributed by atoms with E-state index < -0.39 is 0 Å². The Labute approximate surface area is 131 Å². The molecular weight excluding hydrogens is 338 g/mol. The topological polar surface area (TPSA) is 29.1 Å². The molecule has 0 aliphatic rings. The standard InChI is InChI=1S/C16H13BrClNO/c1-11-3-2-4-14(18)16(11)19-15(20)10-7-12-5-8-13(17)9-6-12/h2-10H,1H3,(H,19,20)/b10-7+. The van der Waals surface area contributed by atoms with Gasteiger partial charge in [0, 0.05) is 10.5 Å². The predicted molar refractivity (Wildman–Crippen MR) is 88.0 cm³/mol. The Hall–Kier alpha value is -1.58. The normalized spacial score (nSPS) is 10.8. The summed E-state index contributed by atoms with van der Waals surface area (Å²) in [6.45, 7) is 1.90. The SMILES string of the molecule is Cc1cccc(Cl)c1NC(=O)/C=C/c1ccc(Br)cc1. The Morgan fingerprint density at radius 1 is 1.20 bits per heavy atom. The van der Waals surface area contributed by atoms with E-state index in [0.717, 1.165) is 15.6 Å². The molecule has 0 aliphatic carbocycles. The first kappa shape index (κ1) is 14.8. The molecule has 20 heavy (non-hydrogen) atoms. The van der Waals surface area contributed by atoms with Gasteiger partial charge in [-0.1, -0.05) is 51.8 Å². The number of amides is 1. The molecule has 0 spiro atoms. The highest BCUT2D eigenvalue weighted by molar-refractivity contribution is 9.10. The third-order valence-corrected chi connectivity index (χ3v) is 3.61. The van der Waals surface area contributed by atoms with E-state index in [1.54, 1.807) is 12.1 Å². The zero-order chi connectivity index (χ0) is 14.5. The molecule has 0 saturated carbocycles. The summed E-state index contributed by atoms with van der Waals surface area (Å²) in [7, 11) is 0. The summed E-state index contributed by atoms with van der Waals surface area (Å²) in [4.78, 5) is 11.9. The van der Waals surface area contributed by atoms with E-state index in [4.69, 9.17) is 11.6 Å². The maximum absolute atomic E-state index is 11.9. The number of nitrogens with one attached hydrogen (secondary N) is 1. The van der Waals surface area contributed by atoms with Crippen molar-refractivity contribution >= 4 is 45.2 Å². The average molecular weight is 351 g/mol. The van der Waals surface area contributed by atoms with Crippen LogP contribution in [-0.2, 0) is 4.79 Å². The highest BCUT2D eigenvalue weighted by Gasteiger charge is 2.05. The lowest BCUT2D eigenvalue weighted by Crippen LogP contribution is -2.09. The van der Waals surface area contributed by atoms with Gasteiger partial charge in [-0.05, 0) is 42.3 Å². The predicted octanol–water partition coefficient (Wildman–Crippen LogP) is 5.06. The van der Waals surface area contributed by atoms with Crippen molar-refractivity contribution < 1.29 is 4.79 Å². The molecule has 1 amide bonds. The highest BCUT2D eigenvalue weighted by Crippen LogP contribution is 2.25. The first-order valence-corrected chi connectivity index (χ1v) is 7.23. The Kier molecular flexibility index (Phi) is 4.99. The minimum absolute atomic E-state index is 0.205. The van der Waals surface area contributed by atoms with Crippen LogP contribution in [0, 0.1) is 6.92 Å². The van der Waals surface area contributed by atoms with Crippen LogP contribution in [-0.4, -0.2) is 5.91 Å². The summed E-state index contributed by atoms with van der Waals surface area (Å²) in [5, 5.41) is 3.33. The second kappa shape index (κ2) is 6.73. The maximum atomic E-state index is 11.9. The van der Waals surface area contributed by atoms with E-state index in [0.29, 0.717) is 10.7 Å². The number of benzene rings is 2. The number of aryl methyl sites for hydroxylation is 1. The van der Waals surface area contributed by atoms with E-state index in [9.17, 15) is 4.79 Å². The molecule has 0 atom stereocenters. The monoisotopic (exact) mass is 349 g/mol. The van der Waals surface area contributed by atoms with E-state index in [2.05, 4.69) is 21.2 Å². The second-order valence-electron chi connectivity index (χ2n) is 4.31. The first-order valence-electron chi connectivity index (χ1n) is 6.06. The second-order valence-corrected chi connectivity index (χ2v) is 5.63. The number of hydrogen-bond acceptors (Lipinski definition) is 1. The van der Waals surface area contributed by atoms with Crippen LogP contribution in [0.25, 0.3) is 6.08 Å². The van der Waals surface area contributed by atoms with Gasteiger partial charge in [0.1, 0.15) is 0 Å². The number of rotatable bonds is 3. The van der Waals surface area contributed by atoms with Gasteiger partial charge in [0.25, 0.3) is 0 Å². The van der Waals surface area contributed by atoms with Crippen molar-refractivity contribution in [2.75, 3.05) is 5.32 Å². The zero-order valence-corrected chi connectivity index (χ0v) is 13.2. The van der Waals surface area contributed by atoms with Gasteiger partial charge in [-0.15, -0.1) is 0 Å². The molecule has 4 heteroatoms. The molecule has 1 N–H and O–H groups in total. The fourth-order valence-electron chi connectivity index (χ4n) is 1.70. The van der Waals surface area contributed by atoms with E-state index in [-0.39, 0.29) is 5.91 Å². The molecular formula is C16H13BrClNO. The maximum Gasteiger partial charge on any atom is 0.248 e. The van der Waals surface area contributed by atoms with Crippen molar-refractivity contribution in [2.24, 2.45) is 0 Å². The van der Waals surface area contributed by atoms with E-state index in [1.165, 1.54) is 6.08 Å². The van der Waals surface area contributed by atoms with Crippen molar-refractivity contribution in [3.63, 3.8) is 0 Å². The number of carbonyl (C=O) groups excluding carboxylic acids is 1. The Bertz CT molecular complexity index is 630.